The van der Waals surface area contributed by atoms with Crippen LogP contribution >= 0.6 is 11.6 Å². The Kier molecular flexibility index (Phi) is 4.65. The molecule has 1 fully saturated rings. The molecule has 0 amide bonds. The molecule has 0 saturated heterocycles. The number of rotatable bonds is 6. The summed E-state index contributed by atoms with van der Waals surface area (Å²) in [4.78, 5) is 20.4. The number of aromatic nitrogens is 5. The minimum atomic E-state index is -0.345. The highest BCUT2D eigenvalue weighted by molar-refractivity contribution is 6.29. The van der Waals surface area contributed by atoms with Gasteiger partial charge in [-0.1, -0.05) is 29.2 Å². The highest BCUT2D eigenvalue weighted by Crippen LogP contribution is 2.48. The number of hydrogen-bond acceptors (Lipinski definition) is 7. The van der Waals surface area contributed by atoms with Gasteiger partial charge in [-0.2, -0.15) is 10.1 Å². The monoisotopic (exact) mass is 387 g/mol. The van der Waals surface area contributed by atoms with Gasteiger partial charge < -0.3 is 9.26 Å². The van der Waals surface area contributed by atoms with Crippen molar-refractivity contribution >= 4 is 17.6 Å². The number of pyridine rings is 1. The van der Waals surface area contributed by atoms with E-state index in [0.29, 0.717) is 29.0 Å². The maximum absolute atomic E-state index is 11.6. The van der Waals surface area contributed by atoms with Crippen LogP contribution in [0.3, 0.4) is 0 Å². The maximum Gasteiger partial charge on any atom is 0.327 e. The summed E-state index contributed by atoms with van der Waals surface area (Å²) in [5, 5.41) is 8.82. The van der Waals surface area contributed by atoms with Crippen LogP contribution in [0.25, 0.3) is 11.5 Å². The molecule has 0 spiro atoms. The van der Waals surface area contributed by atoms with E-state index in [1.165, 1.54) is 4.68 Å². The molecule has 3 aromatic rings. The van der Waals surface area contributed by atoms with Crippen LogP contribution in [0, 0.1) is 0 Å². The summed E-state index contributed by atoms with van der Waals surface area (Å²) >= 11 is 5.91. The Labute approximate surface area is 160 Å². The van der Waals surface area contributed by atoms with Crippen molar-refractivity contribution in [3.63, 3.8) is 0 Å². The van der Waals surface area contributed by atoms with Crippen LogP contribution in [0.1, 0.15) is 37.6 Å². The molecule has 3 heterocycles. The Morgan fingerprint density at radius 1 is 1.37 bits per heavy atom. The average Bonchev–Trinajstić information content (AvgIpc) is 3.25. The van der Waals surface area contributed by atoms with E-state index in [4.69, 9.17) is 20.9 Å². The molecule has 0 bridgehead atoms. The lowest BCUT2D eigenvalue weighted by molar-refractivity contribution is -0.144. The summed E-state index contributed by atoms with van der Waals surface area (Å²) in [7, 11) is 0. The Bertz CT molecular complexity index is 946. The van der Waals surface area contributed by atoms with Crippen molar-refractivity contribution in [2.45, 2.75) is 38.1 Å². The number of carbonyl (C=O) groups excluding carboxylic acids is 1. The molecule has 0 N–H and O–H groups in total. The highest BCUT2D eigenvalue weighted by Gasteiger charge is 2.44. The lowest BCUT2D eigenvalue weighted by atomic mass is 9.64. The van der Waals surface area contributed by atoms with Gasteiger partial charge in [0, 0.05) is 12.4 Å². The van der Waals surface area contributed by atoms with Gasteiger partial charge in [0.25, 0.3) is 5.89 Å². The first kappa shape index (κ1) is 17.7. The number of carbonyl (C=O) groups is 1. The quantitative estimate of drug-likeness (QED) is 0.473. The molecule has 8 nitrogen and oxygen atoms in total. The van der Waals surface area contributed by atoms with Crippen LogP contribution in [0.4, 0.5) is 0 Å². The number of hydrogen-bond donors (Lipinski definition) is 0. The van der Waals surface area contributed by atoms with E-state index >= 15 is 0 Å². The van der Waals surface area contributed by atoms with Gasteiger partial charge in [0.2, 0.25) is 0 Å². The molecule has 140 valence electrons. The Hall–Kier alpha value is -2.74. The van der Waals surface area contributed by atoms with Crippen LogP contribution in [-0.4, -0.2) is 37.5 Å². The van der Waals surface area contributed by atoms with Crippen molar-refractivity contribution in [2.24, 2.45) is 0 Å². The summed E-state index contributed by atoms with van der Waals surface area (Å²) in [6.45, 7) is 2.13. The van der Waals surface area contributed by atoms with Gasteiger partial charge in [-0.15, -0.1) is 0 Å². The van der Waals surface area contributed by atoms with E-state index in [0.717, 1.165) is 24.8 Å². The number of halogens is 1. The Morgan fingerprint density at radius 2 is 2.22 bits per heavy atom. The average molecular weight is 388 g/mol. The number of ether oxygens (including phenoxy) is 1. The third-order valence-corrected chi connectivity index (χ3v) is 5.04. The topological polar surface area (TPSA) is 95.9 Å². The molecule has 0 aliphatic heterocycles. The molecule has 3 aromatic heterocycles. The summed E-state index contributed by atoms with van der Waals surface area (Å²) in [6, 6.07) is 3.74. The minimum absolute atomic E-state index is 0.0369. The standard InChI is InChI=1S/C18H18ClN5O3/c1-2-26-15(25)11-24-10-12(8-21-24)16-22-17(23-27-16)18(6-3-7-18)13-4-5-14(19)20-9-13/h4-5,8-10H,2-3,6-7,11H2,1H3. The molecule has 1 aliphatic carbocycles. The molecule has 0 atom stereocenters. The van der Waals surface area contributed by atoms with Crippen LogP contribution in [0.15, 0.2) is 35.2 Å². The van der Waals surface area contributed by atoms with Gasteiger partial charge in [-0.05, 0) is 31.4 Å². The summed E-state index contributed by atoms with van der Waals surface area (Å²) in [6.07, 6.45) is 7.99. The predicted octanol–water partition coefficient (Wildman–Crippen LogP) is 3.01. The molecular formula is C18H18ClN5O3. The smallest absolute Gasteiger partial charge is 0.327 e. The minimum Gasteiger partial charge on any atom is -0.465 e. The maximum atomic E-state index is 11.6. The fourth-order valence-electron chi connectivity index (χ4n) is 3.27. The van der Waals surface area contributed by atoms with Gasteiger partial charge in [-0.25, -0.2) is 4.98 Å². The van der Waals surface area contributed by atoms with Crippen LogP contribution in [-0.2, 0) is 21.5 Å². The highest BCUT2D eigenvalue weighted by atomic mass is 35.5. The Balaban J connectivity index is 1.57. The second kappa shape index (κ2) is 7.11. The first-order valence-electron chi connectivity index (χ1n) is 8.75. The first-order chi connectivity index (χ1) is 13.1. The fourth-order valence-corrected chi connectivity index (χ4v) is 3.38. The summed E-state index contributed by atoms with van der Waals surface area (Å²) in [5.74, 6) is 0.654. The lowest BCUT2D eigenvalue weighted by Crippen LogP contribution is -2.36. The molecule has 0 radical (unpaired) electrons. The van der Waals surface area contributed by atoms with E-state index < -0.39 is 0 Å². The van der Waals surface area contributed by atoms with Crippen molar-refractivity contribution in [1.29, 1.82) is 0 Å². The number of esters is 1. The zero-order valence-electron chi connectivity index (χ0n) is 14.8. The number of nitrogens with zero attached hydrogens (tertiary/aromatic N) is 5. The normalized spacial score (nSPS) is 15.3. The van der Waals surface area contributed by atoms with Gasteiger partial charge in [0.1, 0.15) is 11.7 Å². The zero-order chi connectivity index (χ0) is 18.9. The molecule has 1 aliphatic rings. The second-order valence-electron chi connectivity index (χ2n) is 6.46. The van der Waals surface area contributed by atoms with E-state index in [-0.39, 0.29) is 17.9 Å². The molecule has 1 saturated carbocycles. The van der Waals surface area contributed by atoms with Crippen molar-refractivity contribution in [2.75, 3.05) is 6.61 Å². The Morgan fingerprint density at radius 3 is 2.89 bits per heavy atom. The van der Waals surface area contributed by atoms with Gasteiger partial charge >= 0.3 is 5.97 Å². The third kappa shape index (κ3) is 3.32. The molecular weight excluding hydrogens is 370 g/mol. The van der Waals surface area contributed by atoms with Crippen molar-refractivity contribution in [1.82, 2.24) is 24.9 Å². The first-order valence-corrected chi connectivity index (χ1v) is 9.13. The van der Waals surface area contributed by atoms with Gasteiger partial charge in [0.05, 0.1) is 23.8 Å². The third-order valence-electron chi connectivity index (χ3n) is 4.82. The van der Waals surface area contributed by atoms with Gasteiger partial charge in [-0.3, -0.25) is 9.48 Å². The largest absolute Gasteiger partial charge is 0.465 e. The molecule has 4 rings (SSSR count). The second-order valence-corrected chi connectivity index (χ2v) is 6.85. The van der Waals surface area contributed by atoms with E-state index in [1.54, 1.807) is 31.6 Å². The lowest BCUT2D eigenvalue weighted by Gasteiger charge is -2.39. The van der Waals surface area contributed by atoms with Gasteiger partial charge in [0.15, 0.2) is 5.82 Å². The van der Waals surface area contributed by atoms with Crippen molar-refractivity contribution in [3.05, 3.63) is 47.3 Å². The molecule has 0 unspecified atom stereocenters. The predicted molar refractivity (Wildman–Crippen MR) is 96.0 cm³/mol. The van der Waals surface area contributed by atoms with Crippen molar-refractivity contribution in [3.8, 4) is 11.5 Å². The fraction of sp³-hybridized carbons (Fsp3) is 0.389. The van der Waals surface area contributed by atoms with Crippen LogP contribution in [0.5, 0.6) is 0 Å². The van der Waals surface area contributed by atoms with Crippen LogP contribution < -0.4 is 0 Å². The molecule has 27 heavy (non-hydrogen) atoms. The van der Waals surface area contributed by atoms with E-state index in [9.17, 15) is 4.79 Å². The zero-order valence-corrected chi connectivity index (χ0v) is 15.5. The van der Waals surface area contributed by atoms with E-state index in [1.807, 2.05) is 6.07 Å². The summed E-state index contributed by atoms with van der Waals surface area (Å²) < 4.78 is 11.9. The summed E-state index contributed by atoms with van der Waals surface area (Å²) in [5.41, 5.74) is 1.39. The van der Waals surface area contributed by atoms with Crippen LogP contribution in [0.2, 0.25) is 5.15 Å². The SMILES string of the molecule is CCOC(=O)Cn1cc(-c2nc(C3(c4ccc(Cl)nc4)CCC3)no2)cn1. The van der Waals surface area contributed by atoms with Crippen molar-refractivity contribution < 1.29 is 14.1 Å². The molecule has 0 aromatic carbocycles. The molecule has 9 heteroatoms. The van der Waals surface area contributed by atoms with E-state index in [2.05, 4.69) is 20.2 Å².